The largest absolute Gasteiger partial charge is 0.363 e. The Bertz CT molecular complexity index is 437. The van der Waals surface area contributed by atoms with Crippen LogP contribution >= 0.6 is 0 Å². The van der Waals surface area contributed by atoms with Crippen LogP contribution in [0.25, 0.3) is 0 Å². The standard InChI is InChI=1S/C11H20N6O2/c1-8(2)16(4)6-5-13-10-9(17(18)19)7-14-11(12-3)15-10/h7-8H,5-6H2,1-4H3,(H2,12,13,14,15). The van der Waals surface area contributed by atoms with E-state index in [9.17, 15) is 10.1 Å². The van der Waals surface area contributed by atoms with Crippen molar-refractivity contribution in [1.29, 1.82) is 0 Å². The Balaban J connectivity index is 2.72. The summed E-state index contributed by atoms with van der Waals surface area (Å²) in [7, 11) is 3.66. The molecule has 8 nitrogen and oxygen atoms in total. The Morgan fingerprint density at radius 1 is 1.53 bits per heavy atom. The third-order valence-electron chi connectivity index (χ3n) is 2.83. The van der Waals surface area contributed by atoms with Gasteiger partial charge in [-0.3, -0.25) is 10.1 Å². The molecule has 0 aliphatic rings. The molecule has 0 atom stereocenters. The number of hydrogen-bond donors (Lipinski definition) is 2. The van der Waals surface area contributed by atoms with E-state index in [4.69, 9.17) is 0 Å². The molecule has 0 spiro atoms. The fourth-order valence-electron chi connectivity index (χ4n) is 1.37. The molecule has 0 saturated heterocycles. The first-order valence-electron chi connectivity index (χ1n) is 6.09. The Hall–Kier alpha value is -1.96. The van der Waals surface area contributed by atoms with Gasteiger partial charge in [0.25, 0.3) is 0 Å². The summed E-state index contributed by atoms with van der Waals surface area (Å²) >= 11 is 0. The number of anilines is 2. The molecule has 106 valence electrons. The van der Waals surface area contributed by atoms with Crippen molar-refractivity contribution in [2.45, 2.75) is 19.9 Å². The zero-order chi connectivity index (χ0) is 14.4. The van der Waals surface area contributed by atoms with Crippen molar-refractivity contribution in [2.75, 3.05) is 37.8 Å². The minimum Gasteiger partial charge on any atom is -0.363 e. The molecule has 0 radical (unpaired) electrons. The predicted octanol–water partition coefficient (Wildman–Crippen LogP) is 1.18. The van der Waals surface area contributed by atoms with Crippen molar-refractivity contribution in [1.82, 2.24) is 14.9 Å². The van der Waals surface area contributed by atoms with Crippen molar-refractivity contribution in [3.8, 4) is 0 Å². The summed E-state index contributed by atoms with van der Waals surface area (Å²) in [6.07, 6.45) is 1.20. The van der Waals surface area contributed by atoms with E-state index in [0.717, 1.165) is 6.54 Å². The molecular formula is C11H20N6O2. The lowest BCUT2D eigenvalue weighted by Gasteiger charge is -2.20. The third kappa shape index (κ3) is 4.32. The summed E-state index contributed by atoms with van der Waals surface area (Å²) in [4.78, 5) is 20.4. The molecule has 0 bridgehead atoms. The van der Waals surface area contributed by atoms with Crippen LogP contribution < -0.4 is 10.6 Å². The molecule has 0 fully saturated rings. The van der Waals surface area contributed by atoms with Gasteiger partial charge in [-0.25, -0.2) is 4.98 Å². The molecule has 19 heavy (non-hydrogen) atoms. The molecule has 0 saturated carbocycles. The summed E-state index contributed by atoms with van der Waals surface area (Å²) in [6, 6.07) is 0.426. The number of nitrogens with one attached hydrogen (secondary N) is 2. The second kappa shape index (κ2) is 6.83. The van der Waals surface area contributed by atoms with Gasteiger partial charge in [0.15, 0.2) is 0 Å². The number of nitro groups is 1. The Labute approximate surface area is 112 Å². The highest BCUT2D eigenvalue weighted by molar-refractivity contribution is 5.56. The van der Waals surface area contributed by atoms with Gasteiger partial charge in [-0.15, -0.1) is 0 Å². The van der Waals surface area contributed by atoms with Crippen LogP contribution in [-0.2, 0) is 0 Å². The summed E-state index contributed by atoms with van der Waals surface area (Å²) in [5.74, 6) is 0.590. The summed E-state index contributed by atoms with van der Waals surface area (Å²) < 4.78 is 0. The van der Waals surface area contributed by atoms with Crippen molar-refractivity contribution in [3.05, 3.63) is 16.3 Å². The van der Waals surface area contributed by atoms with Crippen LogP contribution in [0, 0.1) is 10.1 Å². The van der Waals surface area contributed by atoms with Gasteiger partial charge in [-0.2, -0.15) is 4.98 Å². The zero-order valence-electron chi connectivity index (χ0n) is 11.7. The molecule has 2 N–H and O–H groups in total. The van der Waals surface area contributed by atoms with Gasteiger partial charge >= 0.3 is 5.69 Å². The van der Waals surface area contributed by atoms with Crippen molar-refractivity contribution >= 4 is 17.5 Å². The van der Waals surface area contributed by atoms with Gasteiger partial charge < -0.3 is 15.5 Å². The van der Waals surface area contributed by atoms with Gasteiger partial charge in [0.05, 0.1) is 4.92 Å². The van der Waals surface area contributed by atoms with Crippen LogP contribution in [0.2, 0.25) is 0 Å². The van der Waals surface area contributed by atoms with E-state index in [0.29, 0.717) is 18.5 Å². The van der Waals surface area contributed by atoms with Crippen molar-refractivity contribution in [2.24, 2.45) is 0 Å². The topological polar surface area (TPSA) is 96.2 Å². The fraction of sp³-hybridized carbons (Fsp3) is 0.636. The van der Waals surface area contributed by atoms with E-state index >= 15 is 0 Å². The van der Waals surface area contributed by atoms with Crippen LogP contribution in [0.1, 0.15) is 13.8 Å². The molecule has 1 aromatic heterocycles. The van der Waals surface area contributed by atoms with E-state index in [1.54, 1.807) is 7.05 Å². The fourth-order valence-corrected chi connectivity index (χ4v) is 1.37. The number of likely N-dealkylation sites (N-methyl/N-ethyl adjacent to an activating group) is 1. The van der Waals surface area contributed by atoms with Crippen LogP contribution in [-0.4, -0.2) is 53.0 Å². The molecule has 0 aliphatic heterocycles. The Kier molecular flexibility index (Phi) is 5.43. The first-order chi connectivity index (χ1) is 8.95. The first-order valence-corrected chi connectivity index (χ1v) is 6.09. The van der Waals surface area contributed by atoms with Crippen LogP contribution in [0.3, 0.4) is 0 Å². The van der Waals surface area contributed by atoms with Gasteiger partial charge in [0.2, 0.25) is 11.8 Å². The molecule has 1 aromatic rings. The van der Waals surface area contributed by atoms with Gasteiger partial charge in [-0.05, 0) is 20.9 Å². The molecule has 0 aliphatic carbocycles. The summed E-state index contributed by atoms with van der Waals surface area (Å²) in [6.45, 7) is 5.53. The second-order valence-corrected chi connectivity index (χ2v) is 4.44. The van der Waals surface area contributed by atoms with E-state index in [2.05, 4.69) is 39.3 Å². The monoisotopic (exact) mass is 268 g/mol. The van der Waals surface area contributed by atoms with Gasteiger partial charge in [0.1, 0.15) is 6.20 Å². The third-order valence-corrected chi connectivity index (χ3v) is 2.83. The Morgan fingerprint density at radius 3 is 2.74 bits per heavy atom. The van der Waals surface area contributed by atoms with Crippen LogP contribution in [0.5, 0.6) is 0 Å². The highest BCUT2D eigenvalue weighted by Crippen LogP contribution is 2.21. The lowest BCUT2D eigenvalue weighted by molar-refractivity contribution is -0.384. The average molecular weight is 268 g/mol. The number of hydrogen-bond acceptors (Lipinski definition) is 7. The van der Waals surface area contributed by atoms with E-state index < -0.39 is 4.92 Å². The number of nitrogens with zero attached hydrogens (tertiary/aromatic N) is 4. The minimum atomic E-state index is -0.492. The van der Waals surface area contributed by atoms with E-state index in [1.165, 1.54) is 6.20 Å². The molecule has 0 aromatic carbocycles. The molecular weight excluding hydrogens is 248 g/mol. The summed E-state index contributed by atoms with van der Waals surface area (Å²) in [5.41, 5.74) is -0.119. The molecule has 0 unspecified atom stereocenters. The van der Waals surface area contributed by atoms with Crippen LogP contribution in [0.4, 0.5) is 17.5 Å². The maximum absolute atomic E-state index is 10.9. The highest BCUT2D eigenvalue weighted by Gasteiger charge is 2.16. The molecule has 0 amide bonds. The second-order valence-electron chi connectivity index (χ2n) is 4.44. The van der Waals surface area contributed by atoms with Gasteiger partial charge in [0, 0.05) is 26.2 Å². The normalized spacial score (nSPS) is 10.8. The molecule has 1 rings (SSSR count). The zero-order valence-corrected chi connectivity index (χ0v) is 11.7. The van der Waals surface area contributed by atoms with Crippen molar-refractivity contribution in [3.63, 3.8) is 0 Å². The molecule has 1 heterocycles. The van der Waals surface area contributed by atoms with Gasteiger partial charge in [-0.1, -0.05) is 0 Å². The average Bonchev–Trinajstić information content (AvgIpc) is 2.37. The summed E-state index contributed by atoms with van der Waals surface area (Å²) in [5, 5.41) is 16.6. The minimum absolute atomic E-state index is 0.119. The molecule has 8 heteroatoms. The lowest BCUT2D eigenvalue weighted by Crippen LogP contribution is -2.31. The maximum atomic E-state index is 10.9. The highest BCUT2D eigenvalue weighted by atomic mass is 16.6. The first kappa shape index (κ1) is 15.1. The quantitative estimate of drug-likeness (QED) is 0.566. The number of rotatable bonds is 7. The van der Waals surface area contributed by atoms with Crippen LogP contribution in [0.15, 0.2) is 6.20 Å². The lowest BCUT2D eigenvalue weighted by atomic mass is 10.3. The smallest absolute Gasteiger partial charge is 0.329 e. The van der Waals surface area contributed by atoms with E-state index in [1.807, 2.05) is 7.05 Å². The van der Waals surface area contributed by atoms with E-state index in [-0.39, 0.29) is 11.5 Å². The predicted molar refractivity (Wildman–Crippen MR) is 74.5 cm³/mol. The Morgan fingerprint density at radius 2 is 2.21 bits per heavy atom. The number of aromatic nitrogens is 2. The SMILES string of the molecule is CNc1ncc([N+](=O)[O-])c(NCCN(C)C(C)C)n1. The van der Waals surface area contributed by atoms with Crippen molar-refractivity contribution < 1.29 is 4.92 Å². The maximum Gasteiger partial charge on any atom is 0.329 e.